The zero-order valence-corrected chi connectivity index (χ0v) is 17.6. The SMILES string of the molecule is CC(NC(=O)c1cccc(COc2ccccc2C(N)=O)c1)c1ccc(OC(F)(F)F)cc1. The van der Waals surface area contributed by atoms with E-state index in [9.17, 15) is 22.8 Å². The Morgan fingerprint density at radius 2 is 1.70 bits per heavy atom. The van der Waals surface area contributed by atoms with Crippen molar-refractivity contribution in [2.45, 2.75) is 25.9 Å². The lowest BCUT2D eigenvalue weighted by Crippen LogP contribution is -2.26. The maximum Gasteiger partial charge on any atom is 0.573 e. The Bertz CT molecular complexity index is 1130. The molecule has 3 N–H and O–H groups in total. The van der Waals surface area contributed by atoms with Crippen LogP contribution in [-0.4, -0.2) is 18.2 Å². The van der Waals surface area contributed by atoms with Crippen molar-refractivity contribution in [2.24, 2.45) is 5.73 Å². The first-order valence-corrected chi connectivity index (χ1v) is 9.89. The highest BCUT2D eigenvalue weighted by molar-refractivity contribution is 5.95. The molecule has 3 aromatic rings. The fraction of sp³-hybridized carbons (Fsp3) is 0.167. The highest BCUT2D eigenvalue weighted by Gasteiger charge is 2.31. The van der Waals surface area contributed by atoms with Crippen LogP contribution in [0.5, 0.6) is 11.5 Å². The number of ether oxygens (including phenoxy) is 2. The van der Waals surface area contributed by atoms with E-state index in [1.165, 1.54) is 24.3 Å². The number of amides is 2. The number of benzene rings is 3. The average Bonchev–Trinajstić information content (AvgIpc) is 2.77. The number of primary amides is 1. The van der Waals surface area contributed by atoms with Gasteiger partial charge in [0.15, 0.2) is 0 Å². The molecule has 6 nitrogen and oxygen atoms in total. The van der Waals surface area contributed by atoms with E-state index in [1.54, 1.807) is 55.5 Å². The summed E-state index contributed by atoms with van der Waals surface area (Å²) in [7, 11) is 0. The Kier molecular flexibility index (Phi) is 7.22. The summed E-state index contributed by atoms with van der Waals surface area (Å²) in [6.07, 6.45) is -4.77. The molecule has 1 atom stereocenters. The van der Waals surface area contributed by atoms with Crippen LogP contribution in [0.1, 0.15) is 44.8 Å². The first-order valence-electron chi connectivity index (χ1n) is 9.89. The molecule has 2 amide bonds. The molecule has 0 saturated heterocycles. The van der Waals surface area contributed by atoms with Crippen molar-refractivity contribution >= 4 is 11.8 Å². The summed E-state index contributed by atoms with van der Waals surface area (Å²) in [5.41, 5.74) is 7.29. The lowest BCUT2D eigenvalue weighted by atomic mass is 10.1. The summed E-state index contributed by atoms with van der Waals surface area (Å²) < 4.78 is 46.4. The van der Waals surface area contributed by atoms with Crippen molar-refractivity contribution < 1.29 is 32.2 Å². The van der Waals surface area contributed by atoms with Gasteiger partial charge in [-0.3, -0.25) is 9.59 Å². The molecule has 0 bridgehead atoms. The van der Waals surface area contributed by atoms with E-state index < -0.39 is 18.3 Å². The van der Waals surface area contributed by atoms with Gasteiger partial charge in [0.2, 0.25) is 0 Å². The number of hydrogen-bond donors (Lipinski definition) is 2. The van der Waals surface area contributed by atoms with Crippen LogP contribution in [0.25, 0.3) is 0 Å². The maximum absolute atomic E-state index is 12.7. The van der Waals surface area contributed by atoms with Gasteiger partial charge in [-0.1, -0.05) is 36.4 Å². The Labute approximate surface area is 188 Å². The van der Waals surface area contributed by atoms with Gasteiger partial charge in [0.1, 0.15) is 18.1 Å². The lowest BCUT2D eigenvalue weighted by Gasteiger charge is -2.16. The first-order chi connectivity index (χ1) is 15.6. The average molecular weight is 458 g/mol. The van der Waals surface area contributed by atoms with Crippen molar-refractivity contribution in [2.75, 3.05) is 0 Å². The number of carbonyl (C=O) groups excluding carboxylic acids is 2. The fourth-order valence-electron chi connectivity index (χ4n) is 3.08. The van der Waals surface area contributed by atoms with Gasteiger partial charge in [0.05, 0.1) is 11.6 Å². The largest absolute Gasteiger partial charge is 0.573 e. The van der Waals surface area contributed by atoms with Crippen molar-refractivity contribution in [3.8, 4) is 11.5 Å². The molecular weight excluding hydrogens is 437 g/mol. The molecule has 0 aliphatic carbocycles. The first kappa shape index (κ1) is 23.6. The van der Waals surface area contributed by atoms with Crippen LogP contribution >= 0.6 is 0 Å². The second-order valence-electron chi connectivity index (χ2n) is 7.16. The molecule has 33 heavy (non-hydrogen) atoms. The molecule has 0 saturated carbocycles. The highest BCUT2D eigenvalue weighted by atomic mass is 19.4. The summed E-state index contributed by atoms with van der Waals surface area (Å²) in [5.74, 6) is -0.968. The minimum absolute atomic E-state index is 0.113. The zero-order chi connectivity index (χ0) is 24.0. The van der Waals surface area contributed by atoms with E-state index in [0.717, 1.165) is 0 Å². The van der Waals surface area contributed by atoms with Crippen LogP contribution < -0.4 is 20.5 Å². The predicted molar refractivity (Wildman–Crippen MR) is 115 cm³/mol. The Balaban J connectivity index is 1.63. The van der Waals surface area contributed by atoms with E-state index in [-0.39, 0.29) is 23.8 Å². The molecule has 3 aromatic carbocycles. The van der Waals surface area contributed by atoms with E-state index in [2.05, 4.69) is 10.1 Å². The third kappa shape index (κ3) is 6.73. The van der Waals surface area contributed by atoms with E-state index in [1.807, 2.05) is 0 Å². The zero-order valence-electron chi connectivity index (χ0n) is 17.6. The molecule has 3 rings (SSSR count). The summed E-state index contributed by atoms with van der Waals surface area (Å²) in [5, 5.41) is 2.80. The van der Waals surface area contributed by atoms with Crippen LogP contribution in [0.15, 0.2) is 72.8 Å². The number of halogens is 3. The van der Waals surface area contributed by atoms with Gasteiger partial charge in [0, 0.05) is 5.56 Å². The lowest BCUT2D eigenvalue weighted by molar-refractivity contribution is -0.274. The van der Waals surface area contributed by atoms with Crippen LogP contribution in [-0.2, 0) is 6.61 Å². The summed E-state index contributed by atoms with van der Waals surface area (Å²) in [6, 6.07) is 18.1. The second-order valence-corrected chi connectivity index (χ2v) is 7.16. The van der Waals surface area contributed by atoms with Crippen LogP contribution in [0, 0.1) is 0 Å². The minimum atomic E-state index is -4.77. The fourth-order valence-corrected chi connectivity index (χ4v) is 3.08. The van der Waals surface area contributed by atoms with Gasteiger partial charge < -0.3 is 20.5 Å². The molecule has 0 aromatic heterocycles. The molecule has 9 heteroatoms. The van der Waals surface area contributed by atoms with Gasteiger partial charge in [0.25, 0.3) is 11.8 Å². The van der Waals surface area contributed by atoms with E-state index in [0.29, 0.717) is 22.4 Å². The number of nitrogens with one attached hydrogen (secondary N) is 1. The number of nitrogens with two attached hydrogens (primary N) is 1. The van der Waals surface area contributed by atoms with Crippen molar-refractivity contribution in [3.05, 3.63) is 95.1 Å². The maximum atomic E-state index is 12.7. The van der Waals surface area contributed by atoms with Crippen molar-refractivity contribution in [1.82, 2.24) is 5.32 Å². The second kappa shape index (κ2) is 10.1. The molecule has 0 radical (unpaired) electrons. The number of alkyl halides is 3. The summed E-state index contributed by atoms with van der Waals surface area (Å²) in [6.45, 7) is 1.83. The monoisotopic (exact) mass is 458 g/mol. The Hall–Kier alpha value is -4.01. The molecule has 172 valence electrons. The third-order valence-electron chi connectivity index (χ3n) is 4.70. The third-order valence-corrected chi connectivity index (χ3v) is 4.70. The predicted octanol–water partition coefficient (Wildman–Crippen LogP) is 4.75. The standard InChI is InChI=1S/C24H21F3N2O4/c1-15(17-9-11-19(12-10-17)33-24(25,26)27)29-23(31)18-6-4-5-16(13-18)14-32-21-8-3-2-7-20(21)22(28)30/h2-13,15H,14H2,1H3,(H2,28,30)(H,29,31). The molecular formula is C24H21F3N2O4. The van der Waals surface area contributed by atoms with Gasteiger partial charge in [-0.15, -0.1) is 13.2 Å². The summed E-state index contributed by atoms with van der Waals surface area (Å²) >= 11 is 0. The Morgan fingerprint density at radius 1 is 1.00 bits per heavy atom. The van der Waals surface area contributed by atoms with Crippen LogP contribution in [0.4, 0.5) is 13.2 Å². The number of hydrogen-bond acceptors (Lipinski definition) is 4. The summed E-state index contributed by atoms with van der Waals surface area (Å²) in [4.78, 5) is 24.2. The van der Waals surface area contributed by atoms with Crippen molar-refractivity contribution in [3.63, 3.8) is 0 Å². The van der Waals surface area contributed by atoms with Crippen LogP contribution in [0.2, 0.25) is 0 Å². The number of carbonyl (C=O) groups is 2. The number of para-hydroxylation sites is 1. The minimum Gasteiger partial charge on any atom is -0.488 e. The molecule has 0 aliphatic rings. The molecule has 0 fully saturated rings. The van der Waals surface area contributed by atoms with E-state index >= 15 is 0 Å². The normalized spacial score (nSPS) is 12.0. The molecule has 0 spiro atoms. The topological polar surface area (TPSA) is 90.6 Å². The number of rotatable bonds is 8. The highest BCUT2D eigenvalue weighted by Crippen LogP contribution is 2.24. The molecule has 0 aliphatic heterocycles. The smallest absolute Gasteiger partial charge is 0.488 e. The van der Waals surface area contributed by atoms with Crippen LogP contribution in [0.3, 0.4) is 0 Å². The van der Waals surface area contributed by atoms with Gasteiger partial charge in [-0.25, -0.2) is 0 Å². The molecule has 0 heterocycles. The van der Waals surface area contributed by atoms with Crippen molar-refractivity contribution in [1.29, 1.82) is 0 Å². The van der Waals surface area contributed by atoms with Gasteiger partial charge >= 0.3 is 6.36 Å². The Morgan fingerprint density at radius 3 is 2.36 bits per heavy atom. The molecule has 1 unspecified atom stereocenters. The van der Waals surface area contributed by atoms with Gasteiger partial charge in [-0.2, -0.15) is 0 Å². The van der Waals surface area contributed by atoms with E-state index in [4.69, 9.17) is 10.5 Å². The quantitative estimate of drug-likeness (QED) is 0.510. The van der Waals surface area contributed by atoms with Gasteiger partial charge in [-0.05, 0) is 54.4 Å².